The van der Waals surface area contributed by atoms with Crippen LogP contribution in [0, 0.1) is 0 Å². The van der Waals surface area contributed by atoms with Crippen LogP contribution in [0.4, 0.5) is 0 Å². The zero-order chi connectivity index (χ0) is 12.1. The van der Waals surface area contributed by atoms with Crippen LogP contribution in [-0.2, 0) is 0 Å². The molecule has 4 heteroatoms. The van der Waals surface area contributed by atoms with Gasteiger partial charge in [-0.05, 0) is 0 Å². The predicted octanol–water partition coefficient (Wildman–Crippen LogP) is 1.98. The zero-order valence-electron chi connectivity index (χ0n) is 11.0. The molecule has 0 bridgehead atoms. The molecule has 0 heterocycles. The predicted molar refractivity (Wildman–Crippen MR) is 70.2 cm³/mol. The van der Waals surface area contributed by atoms with Crippen molar-refractivity contribution in [3.05, 3.63) is 0 Å². The molecule has 15 heavy (non-hydrogen) atoms. The molecule has 0 amide bonds. The molecule has 0 aliphatic carbocycles. The second-order valence-electron chi connectivity index (χ2n) is 4.30. The van der Waals surface area contributed by atoms with Crippen molar-refractivity contribution < 1.29 is 5.11 Å². The number of aliphatic hydroxyl groups is 1. The highest BCUT2D eigenvalue weighted by Crippen LogP contribution is 2.25. The van der Waals surface area contributed by atoms with Crippen molar-refractivity contribution in [3.8, 4) is 0 Å². The standard InChI is InChI=1S/C11H26N2OSi/c1-7-15(8-2,9-3)11(14)10(12-4)13(5)6/h11,14H,7-9H2,1-6H3. The summed E-state index contributed by atoms with van der Waals surface area (Å²) in [6.07, 6.45) is 0. The molecule has 1 atom stereocenters. The van der Waals surface area contributed by atoms with Gasteiger partial charge >= 0.3 is 0 Å². The molecular weight excluding hydrogens is 204 g/mol. The summed E-state index contributed by atoms with van der Waals surface area (Å²) in [7, 11) is 4.08. The number of amidine groups is 1. The third-order valence-electron chi connectivity index (χ3n) is 3.62. The molecule has 0 aliphatic heterocycles. The molecule has 0 spiro atoms. The Kier molecular flexibility index (Phi) is 6.13. The summed E-state index contributed by atoms with van der Waals surface area (Å²) in [6, 6.07) is 3.36. The average molecular weight is 230 g/mol. The fraction of sp³-hybridized carbons (Fsp3) is 0.909. The average Bonchev–Trinajstić information content (AvgIpc) is 2.22. The van der Waals surface area contributed by atoms with Gasteiger partial charge < -0.3 is 10.0 Å². The van der Waals surface area contributed by atoms with Crippen molar-refractivity contribution in [1.29, 1.82) is 0 Å². The molecule has 0 aliphatic rings. The third kappa shape index (κ3) is 3.05. The van der Waals surface area contributed by atoms with Gasteiger partial charge in [0.1, 0.15) is 11.6 Å². The summed E-state index contributed by atoms with van der Waals surface area (Å²) in [6.45, 7) is 6.60. The quantitative estimate of drug-likeness (QED) is 0.445. The highest BCUT2D eigenvalue weighted by molar-refractivity contribution is 6.83. The van der Waals surface area contributed by atoms with Crippen LogP contribution in [0.2, 0.25) is 18.1 Å². The highest BCUT2D eigenvalue weighted by Gasteiger charge is 2.38. The first-order valence-corrected chi connectivity index (χ1v) is 8.51. The summed E-state index contributed by atoms with van der Waals surface area (Å²) in [5.74, 6) is 0.840. The van der Waals surface area contributed by atoms with E-state index in [1.54, 1.807) is 7.05 Å². The van der Waals surface area contributed by atoms with Crippen LogP contribution in [-0.4, -0.2) is 50.8 Å². The minimum absolute atomic E-state index is 0.322. The molecule has 0 saturated heterocycles. The van der Waals surface area contributed by atoms with Crippen molar-refractivity contribution in [2.24, 2.45) is 4.99 Å². The molecule has 0 rings (SSSR count). The van der Waals surface area contributed by atoms with Crippen LogP contribution < -0.4 is 0 Å². The summed E-state index contributed by atoms with van der Waals surface area (Å²) in [5, 5.41) is 10.5. The third-order valence-corrected chi connectivity index (χ3v) is 9.27. The van der Waals surface area contributed by atoms with Crippen molar-refractivity contribution >= 4 is 13.9 Å². The van der Waals surface area contributed by atoms with Gasteiger partial charge in [0.2, 0.25) is 0 Å². The van der Waals surface area contributed by atoms with Gasteiger partial charge in [-0.1, -0.05) is 38.9 Å². The second kappa shape index (κ2) is 6.28. The summed E-state index contributed by atoms with van der Waals surface area (Å²) in [4.78, 5) is 6.16. The second-order valence-corrected chi connectivity index (χ2v) is 9.69. The fourth-order valence-electron chi connectivity index (χ4n) is 2.17. The molecule has 1 N–H and O–H groups in total. The number of aliphatic hydroxyl groups excluding tert-OH is 1. The number of nitrogens with zero attached hydrogens (tertiary/aromatic N) is 2. The highest BCUT2D eigenvalue weighted by atomic mass is 28.3. The van der Waals surface area contributed by atoms with Gasteiger partial charge in [-0.25, -0.2) is 0 Å². The molecule has 90 valence electrons. The number of rotatable bonds is 5. The maximum absolute atomic E-state index is 10.5. The summed E-state index contributed by atoms with van der Waals surface area (Å²) >= 11 is 0. The molecule has 0 aromatic rings. The van der Waals surface area contributed by atoms with Crippen LogP contribution in [0.15, 0.2) is 4.99 Å². The van der Waals surface area contributed by atoms with Gasteiger partial charge in [0.25, 0.3) is 0 Å². The summed E-state index contributed by atoms with van der Waals surface area (Å²) < 4.78 is 0. The van der Waals surface area contributed by atoms with Gasteiger partial charge in [-0.15, -0.1) is 0 Å². The van der Waals surface area contributed by atoms with Gasteiger partial charge in [-0.3, -0.25) is 4.99 Å². The van der Waals surface area contributed by atoms with Crippen LogP contribution >= 0.6 is 0 Å². The molecule has 0 fully saturated rings. The van der Waals surface area contributed by atoms with Crippen LogP contribution in [0.3, 0.4) is 0 Å². The van der Waals surface area contributed by atoms with E-state index in [0.717, 1.165) is 24.0 Å². The summed E-state index contributed by atoms with van der Waals surface area (Å²) in [5.41, 5.74) is -0.322. The van der Waals surface area contributed by atoms with E-state index in [2.05, 4.69) is 25.8 Å². The van der Waals surface area contributed by atoms with Crippen molar-refractivity contribution in [3.63, 3.8) is 0 Å². The number of hydrogen-bond donors (Lipinski definition) is 1. The first-order chi connectivity index (χ1) is 6.98. The minimum Gasteiger partial charge on any atom is -0.389 e. The smallest absolute Gasteiger partial charge is 0.124 e. The van der Waals surface area contributed by atoms with Gasteiger partial charge in [-0.2, -0.15) is 0 Å². The first-order valence-electron chi connectivity index (χ1n) is 5.81. The Hall–Kier alpha value is -0.353. The molecular formula is C11H26N2OSi. The van der Waals surface area contributed by atoms with E-state index in [0.29, 0.717) is 0 Å². The maximum Gasteiger partial charge on any atom is 0.124 e. The topological polar surface area (TPSA) is 35.8 Å². The monoisotopic (exact) mass is 230 g/mol. The Morgan fingerprint density at radius 1 is 1.20 bits per heavy atom. The van der Waals surface area contributed by atoms with Crippen LogP contribution in [0.1, 0.15) is 20.8 Å². The number of likely N-dealkylation sites (N-methyl/N-ethyl adjacent to an activating group) is 1. The van der Waals surface area contributed by atoms with E-state index < -0.39 is 8.07 Å². The van der Waals surface area contributed by atoms with E-state index in [1.807, 2.05) is 19.0 Å². The minimum atomic E-state index is -1.58. The van der Waals surface area contributed by atoms with Crippen molar-refractivity contribution in [1.82, 2.24) is 4.90 Å². The van der Waals surface area contributed by atoms with E-state index >= 15 is 0 Å². The van der Waals surface area contributed by atoms with Crippen molar-refractivity contribution in [2.75, 3.05) is 21.1 Å². The Morgan fingerprint density at radius 3 is 1.80 bits per heavy atom. The van der Waals surface area contributed by atoms with Crippen molar-refractivity contribution in [2.45, 2.75) is 44.6 Å². The van der Waals surface area contributed by atoms with Gasteiger partial charge in [0.15, 0.2) is 0 Å². The number of aliphatic imine (C=N–C) groups is 1. The Morgan fingerprint density at radius 2 is 1.60 bits per heavy atom. The zero-order valence-corrected chi connectivity index (χ0v) is 12.0. The lowest BCUT2D eigenvalue weighted by atomic mass is 10.5. The fourth-order valence-corrected chi connectivity index (χ4v) is 5.77. The molecule has 0 aromatic carbocycles. The lowest BCUT2D eigenvalue weighted by Gasteiger charge is -2.36. The lowest BCUT2D eigenvalue weighted by Crippen LogP contribution is -2.53. The Labute approximate surface area is 95.2 Å². The Balaban J connectivity index is 5.00. The number of hydrogen-bond acceptors (Lipinski definition) is 2. The molecule has 3 nitrogen and oxygen atoms in total. The Bertz CT molecular complexity index is 204. The lowest BCUT2D eigenvalue weighted by molar-refractivity contribution is 0.288. The van der Waals surface area contributed by atoms with E-state index in [1.165, 1.54) is 0 Å². The molecule has 1 unspecified atom stereocenters. The van der Waals surface area contributed by atoms with Crippen LogP contribution in [0.5, 0.6) is 0 Å². The SMILES string of the molecule is CC[Si](CC)(CC)C(O)C(=NC)N(C)C. The van der Waals surface area contributed by atoms with E-state index in [4.69, 9.17) is 0 Å². The first kappa shape index (κ1) is 14.6. The van der Waals surface area contributed by atoms with E-state index in [9.17, 15) is 5.11 Å². The van der Waals surface area contributed by atoms with Gasteiger partial charge in [0, 0.05) is 21.1 Å². The molecule has 0 radical (unpaired) electrons. The van der Waals surface area contributed by atoms with E-state index in [-0.39, 0.29) is 5.73 Å². The maximum atomic E-state index is 10.5. The van der Waals surface area contributed by atoms with Crippen LogP contribution in [0.25, 0.3) is 0 Å². The molecule has 0 saturated carbocycles. The molecule has 0 aromatic heterocycles. The normalized spacial score (nSPS) is 15.3. The largest absolute Gasteiger partial charge is 0.389 e. The van der Waals surface area contributed by atoms with Gasteiger partial charge in [0.05, 0.1) is 8.07 Å².